The molecule has 0 bridgehead atoms. The molecule has 1 radical (unpaired) electrons. The molecule has 1 fully saturated rings. The van der Waals surface area contributed by atoms with E-state index >= 15 is 0 Å². The van der Waals surface area contributed by atoms with Gasteiger partial charge in [-0.2, -0.15) is 5.26 Å². The second-order valence-corrected chi connectivity index (χ2v) is 12.1. The van der Waals surface area contributed by atoms with Crippen molar-refractivity contribution in [3.05, 3.63) is 83.4 Å². The van der Waals surface area contributed by atoms with E-state index in [9.17, 15) is 8.78 Å². The fourth-order valence-electron chi connectivity index (χ4n) is 4.99. The fourth-order valence-corrected chi connectivity index (χ4v) is 8.01. The van der Waals surface area contributed by atoms with Crippen LogP contribution in [0.15, 0.2) is 60.7 Å². The first kappa shape index (κ1) is 23.4. The van der Waals surface area contributed by atoms with Crippen molar-refractivity contribution >= 4 is 8.80 Å². The van der Waals surface area contributed by atoms with Crippen molar-refractivity contribution in [1.82, 2.24) is 0 Å². The van der Waals surface area contributed by atoms with E-state index in [0.29, 0.717) is 11.5 Å². The predicted octanol–water partition coefficient (Wildman–Crippen LogP) is 8.73. The summed E-state index contributed by atoms with van der Waals surface area (Å²) in [5.74, 6) is -1.12. The lowest BCUT2D eigenvalue weighted by molar-refractivity contribution is 0.577. The Balaban J connectivity index is 1.67. The Kier molecular flexibility index (Phi) is 7.72. The van der Waals surface area contributed by atoms with Crippen molar-refractivity contribution < 1.29 is 8.78 Å². The van der Waals surface area contributed by atoms with E-state index in [2.05, 4.69) is 25.1 Å². The average molecular weight is 459 g/mol. The van der Waals surface area contributed by atoms with E-state index in [0.717, 1.165) is 16.7 Å². The van der Waals surface area contributed by atoms with Crippen molar-refractivity contribution in [2.45, 2.75) is 63.1 Å². The standard InChI is InChI=1S/C29H30F2NSi/c1-2-3-7-14-33-15-12-21(13-16-33)23-10-11-25(22-8-5-4-6-9-22)26(17-23)24-18-28(30)27(20-32)29(31)19-24/h4-6,8-11,17-19,21H,2-3,7,12-16H2,1H3. The minimum atomic E-state index is -0.811. The van der Waals surface area contributed by atoms with Crippen LogP contribution in [0, 0.1) is 23.0 Å². The van der Waals surface area contributed by atoms with Gasteiger partial charge in [0.25, 0.3) is 0 Å². The maximum absolute atomic E-state index is 14.5. The maximum atomic E-state index is 14.5. The minimum absolute atomic E-state index is 0.221. The predicted molar refractivity (Wildman–Crippen MR) is 134 cm³/mol. The third-order valence-electron chi connectivity index (χ3n) is 6.89. The summed E-state index contributed by atoms with van der Waals surface area (Å²) in [7, 11) is -0.221. The Morgan fingerprint density at radius 1 is 0.879 bits per heavy atom. The normalized spacial score (nSPS) is 14.8. The summed E-state index contributed by atoms with van der Waals surface area (Å²) < 4.78 is 29.0. The van der Waals surface area contributed by atoms with Gasteiger partial charge in [0.15, 0.2) is 0 Å². The van der Waals surface area contributed by atoms with E-state index < -0.39 is 17.2 Å². The zero-order valence-corrected chi connectivity index (χ0v) is 20.2. The molecule has 4 rings (SSSR count). The van der Waals surface area contributed by atoms with Crippen LogP contribution in [-0.4, -0.2) is 8.80 Å². The van der Waals surface area contributed by atoms with Crippen LogP contribution in [0.2, 0.25) is 18.1 Å². The van der Waals surface area contributed by atoms with Crippen LogP contribution >= 0.6 is 0 Å². The average Bonchev–Trinajstić information content (AvgIpc) is 2.85. The minimum Gasteiger partial charge on any atom is -0.205 e. The summed E-state index contributed by atoms with van der Waals surface area (Å²) >= 11 is 0. The molecule has 4 heteroatoms. The molecule has 1 nitrogen and oxygen atoms in total. The van der Waals surface area contributed by atoms with Gasteiger partial charge in [0, 0.05) is 8.80 Å². The number of nitrogens with zero attached hydrogens (tertiary/aromatic N) is 1. The molecule has 1 aliphatic heterocycles. The number of halogens is 2. The van der Waals surface area contributed by atoms with Crippen LogP contribution in [0.4, 0.5) is 8.78 Å². The summed E-state index contributed by atoms with van der Waals surface area (Å²) in [6.07, 6.45) is 6.42. The largest absolute Gasteiger partial charge is 0.205 e. The van der Waals surface area contributed by atoms with Crippen molar-refractivity contribution in [2.75, 3.05) is 0 Å². The lowest BCUT2D eigenvalue weighted by Crippen LogP contribution is -2.20. The Morgan fingerprint density at radius 2 is 1.58 bits per heavy atom. The third kappa shape index (κ3) is 5.42. The first-order chi connectivity index (χ1) is 16.1. The Bertz CT molecular complexity index is 1110. The van der Waals surface area contributed by atoms with Crippen LogP contribution in [0.1, 0.15) is 56.1 Å². The molecule has 3 aromatic carbocycles. The molecular formula is C29H30F2NSi. The molecular weight excluding hydrogens is 428 g/mol. The quantitative estimate of drug-likeness (QED) is 0.256. The molecule has 0 saturated carbocycles. The molecule has 33 heavy (non-hydrogen) atoms. The van der Waals surface area contributed by atoms with Gasteiger partial charge in [-0.1, -0.05) is 92.8 Å². The molecule has 0 N–H and O–H groups in total. The Hall–Kier alpha value is -2.77. The van der Waals surface area contributed by atoms with Crippen molar-refractivity contribution in [3.8, 4) is 28.3 Å². The van der Waals surface area contributed by atoms with Gasteiger partial charge in [0.1, 0.15) is 23.3 Å². The maximum Gasteiger partial charge on any atom is 0.144 e. The smallest absolute Gasteiger partial charge is 0.144 e. The number of rotatable bonds is 7. The number of hydrogen-bond acceptors (Lipinski definition) is 1. The zero-order valence-electron chi connectivity index (χ0n) is 19.2. The topological polar surface area (TPSA) is 23.8 Å². The van der Waals surface area contributed by atoms with Gasteiger partial charge in [-0.3, -0.25) is 0 Å². The van der Waals surface area contributed by atoms with E-state index in [1.54, 1.807) is 6.07 Å². The van der Waals surface area contributed by atoms with Crippen molar-refractivity contribution in [2.24, 2.45) is 0 Å². The molecule has 0 atom stereocenters. The molecule has 0 unspecified atom stereocenters. The number of hydrogen-bond donors (Lipinski definition) is 0. The molecule has 0 aliphatic carbocycles. The van der Waals surface area contributed by atoms with Crippen molar-refractivity contribution in [3.63, 3.8) is 0 Å². The van der Waals surface area contributed by atoms with Gasteiger partial charge < -0.3 is 0 Å². The molecule has 0 aromatic heterocycles. The van der Waals surface area contributed by atoms with Crippen LogP contribution < -0.4 is 0 Å². The highest BCUT2D eigenvalue weighted by Crippen LogP contribution is 2.40. The van der Waals surface area contributed by atoms with Gasteiger partial charge in [-0.05, 0) is 58.7 Å². The van der Waals surface area contributed by atoms with Crippen molar-refractivity contribution in [1.29, 1.82) is 5.26 Å². The molecule has 1 heterocycles. The van der Waals surface area contributed by atoms with E-state index in [-0.39, 0.29) is 8.80 Å². The summed E-state index contributed by atoms with van der Waals surface area (Å²) in [6, 6.07) is 24.7. The van der Waals surface area contributed by atoms with Crippen LogP contribution in [0.25, 0.3) is 22.3 Å². The van der Waals surface area contributed by atoms with Gasteiger partial charge >= 0.3 is 0 Å². The highest BCUT2D eigenvalue weighted by Gasteiger charge is 2.24. The van der Waals surface area contributed by atoms with Crippen LogP contribution in [-0.2, 0) is 0 Å². The van der Waals surface area contributed by atoms with Gasteiger partial charge in [-0.25, -0.2) is 8.78 Å². The summed E-state index contributed by atoms with van der Waals surface area (Å²) in [4.78, 5) is 0. The second kappa shape index (κ2) is 10.9. The zero-order chi connectivity index (χ0) is 23.2. The van der Waals surface area contributed by atoms with Gasteiger partial charge in [0.05, 0.1) is 0 Å². The molecule has 1 saturated heterocycles. The third-order valence-corrected chi connectivity index (χ3v) is 9.94. The highest BCUT2D eigenvalue weighted by atomic mass is 28.3. The van der Waals surface area contributed by atoms with Gasteiger partial charge in [0.2, 0.25) is 0 Å². The molecule has 0 spiro atoms. The SMILES string of the molecule is CCCCC[Si]1CCC(c2ccc(-c3ccccc3)c(-c3cc(F)c(C#N)c(F)c3)c2)CC1. The summed E-state index contributed by atoms with van der Waals surface area (Å²) in [5.41, 5.74) is 3.98. The first-order valence-electron chi connectivity index (χ1n) is 12.0. The fraction of sp³-hybridized carbons (Fsp3) is 0.345. The van der Waals surface area contributed by atoms with Gasteiger partial charge in [-0.15, -0.1) is 0 Å². The number of benzene rings is 3. The van der Waals surface area contributed by atoms with E-state index in [1.807, 2.05) is 30.3 Å². The Labute approximate surface area is 197 Å². The molecule has 1 aliphatic rings. The summed E-state index contributed by atoms with van der Waals surface area (Å²) in [5, 5.41) is 9.07. The first-order valence-corrected chi connectivity index (χ1v) is 14.1. The lowest BCUT2D eigenvalue weighted by atomic mass is 9.87. The van der Waals surface area contributed by atoms with Crippen LogP contribution in [0.5, 0.6) is 0 Å². The monoisotopic (exact) mass is 458 g/mol. The molecule has 0 amide bonds. The second-order valence-electron chi connectivity index (χ2n) is 9.08. The molecule has 3 aromatic rings. The summed E-state index contributed by atoms with van der Waals surface area (Å²) in [6.45, 7) is 2.26. The molecule has 169 valence electrons. The lowest BCUT2D eigenvalue weighted by Gasteiger charge is -2.28. The highest BCUT2D eigenvalue weighted by molar-refractivity contribution is 6.59. The Morgan fingerprint density at radius 3 is 2.21 bits per heavy atom. The van der Waals surface area contributed by atoms with Crippen LogP contribution in [0.3, 0.4) is 0 Å². The number of unbranched alkanes of at least 4 members (excludes halogenated alkanes) is 2. The number of nitriles is 1. The van der Waals surface area contributed by atoms with E-state index in [1.165, 1.54) is 67.9 Å². The van der Waals surface area contributed by atoms with E-state index in [4.69, 9.17) is 5.26 Å².